The van der Waals surface area contributed by atoms with Gasteiger partial charge in [-0.1, -0.05) is 11.6 Å². The SMILES string of the molecule is C/C(=C\C=C(/N)OCC(F)(F)F)CCCN1CCCC1. The maximum atomic E-state index is 11.9. The van der Waals surface area contributed by atoms with E-state index in [9.17, 15) is 13.2 Å². The molecule has 0 bridgehead atoms. The Hall–Kier alpha value is -1.17. The number of rotatable bonds is 7. The standard InChI is InChI=1S/C14H23F3N2O/c1-12(5-4-10-19-8-2-3-9-19)6-7-13(18)20-11-14(15,16)17/h6-7H,2-5,8-11,18H2,1H3/b12-6+,13-7+. The Labute approximate surface area is 118 Å². The van der Waals surface area contributed by atoms with Crippen LogP contribution in [0.3, 0.4) is 0 Å². The number of hydrogen-bond acceptors (Lipinski definition) is 3. The van der Waals surface area contributed by atoms with E-state index in [1.54, 1.807) is 6.08 Å². The molecule has 2 N–H and O–H groups in total. The number of ether oxygens (including phenoxy) is 1. The van der Waals surface area contributed by atoms with Crippen LogP contribution in [0.15, 0.2) is 23.6 Å². The Kier molecular flexibility index (Phi) is 6.91. The van der Waals surface area contributed by atoms with Gasteiger partial charge in [-0.25, -0.2) is 0 Å². The molecule has 0 unspecified atom stereocenters. The summed E-state index contributed by atoms with van der Waals surface area (Å²) in [6.07, 6.45) is 3.29. The average Bonchev–Trinajstić information content (AvgIpc) is 2.86. The normalized spacial score (nSPS) is 18.6. The fourth-order valence-corrected chi connectivity index (χ4v) is 2.11. The zero-order valence-corrected chi connectivity index (χ0v) is 11.9. The number of allylic oxidation sites excluding steroid dienone is 3. The number of nitrogens with zero attached hydrogens (tertiary/aromatic N) is 1. The summed E-state index contributed by atoms with van der Waals surface area (Å²) >= 11 is 0. The van der Waals surface area contributed by atoms with Crippen molar-refractivity contribution in [2.24, 2.45) is 5.73 Å². The van der Waals surface area contributed by atoms with E-state index in [0.717, 1.165) is 25.0 Å². The summed E-state index contributed by atoms with van der Waals surface area (Å²) in [6.45, 7) is 4.03. The largest absolute Gasteiger partial charge is 0.470 e. The van der Waals surface area contributed by atoms with Gasteiger partial charge in [0, 0.05) is 0 Å². The highest BCUT2D eigenvalue weighted by molar-refractivity contribution is 5.12. The Morgan fingerprint density at radius 2 is 1.90 bits per heavy atom. The van der Waals surface area contributed by atoms with Crippen molar-refractivity contribution in [3.63, 3.8) is 0 Å². The number of halogens is 3. The molecule has 0 aromatic heterocycles. The Balaban J connectivity index is 2.21. The van der Waals surface area contributed by atoms with Gasteiger partial charge in [-0.3, -0.25) is 0 Å². The Bertz CT molecular complexity index is 345. The predicted octanol–water partition coefficient (Wildman–Crippen LogP) is 3.19. The van der Waals surface area contributed by atoms with Crippen LogP contribution in [-0.4, -0.2) is 37.3 Å². The third-order valence-electron chi connectivity index (χ3n) is 3.18. The highest BCUT2D eigenvalue weighted by Gasteiger charge is 2.28. The first kappa shape index (κ1) is 16.9. The van der Waals surface area contributed by atoms with Crippen molar-refractivity contribution in [2.45, 2.75) is 38.8 Å². The van der Waals surface area contributed by atoms with E-state index in [1.807, 2.05) is 6.92 Å². The predicted molar refractivity (Wildman–Crippen MR) is 72.9 cm³/mol. The molecule has 6 heteroatoms. The minimum Gasteiger partial charge on any atom is -0.470 e. The zero-order valence-electron chi connectivity index (χ0n) is 11.9. The second-order valence-corrected chi connectivity index (χ2v) is 5.14. The van der Waals surface area contributed by atoms with E-state index < -0.39 is 12.8 Å². The third kappa shape index (κ3) is 8.09. The molecule has 116 valence electrons. The minimum atomic E-state index is -4.35. The lowest BCUT2D eigenvalue weighted by Gasteiger charge is -2.13. The second kappa shape index (κ2) is 8.19. The molecule has 0 aromatic carbocycles. The lowest BCUT2D eigenvalue weighted by molar-refractivity contribution is -0.165. The van der Waals surface area contributed by atoms with Crippen LogP contribution >= 0.6 is 0 Å². The molecule has 0 radical (unpaired) electrons. The van der Waals surface area contributed by atoms with Crippen molar-refractivity contribution < 1.29 is 17.9 Å². The van der Waals surface area contributed by atoms with Crippen molar-refractivity contribution in [1.82, 2.24) is 4.90 Å². The van der Waals surface area contributed by atoms with Crippen molar-refractivity contribution in [3.8, 4) is 0 Å². The molecule has 1 aliphatic heterocycles. The number of alkyl halides is 3. The van der Waals surface area contributed by atoms with Crippen LogP contribution < -0.4 is 5.73 Å². The highest BCUT2D eigenvalue weighted by Crippen LogP contribution is 2.15. The molecule has 0 amide bonds. The van der Waals surface area contributed by atoms with Crippen molar-refractivity contribution >= 4 is 0 Å². The second-order valence-electron chi connectivity index (χ2n) is 5.14. The van der Waals surface area contributed by atoms with Crippen LogP contribution in [0, 0.1) is 0 Å². The molecule has 0 aliphatic carbocycles. The summed E-state index contributed by atoms with van der Waals surface area (Å²) in [5.74, 6) is -0.207. The van der Waals surface area contributed by atoms with E-state index in [2.05, 4.69) is 9.64 Å². The topological polar surface area (TPSA) is 38.5 Å². The van der Waals surface area contributed by atoms with Gasteiger partial charge in [-0.2, -0.15) is 13.2 Å². The third-order valence-corrected chi connectivity index (χ3v) is 3.18. The first-order valence-electron chi connectivity index (χ1n) is 6.91. The van der Waals surface area contributed by atoms with Crippen molar-refractivity contribution in [2.75, 3.05) is 26.2 Å². The fourth-order valence-electron chi connectivity index (χ4n) is 2.11. The molecule has 0 aromatic rings. The molecular weight excluding hydrogens is 269 g/mol. The summed E-state index contributed by atoms with van der Waals surface area (Å²) in [5, 5.41) is 0. The van der Waals surface area contributed by atoms with Crippen LogP contribution in [0.4, 0.5) is 13.2 Å². The summed E-state index contributed by atoms with van der Waals surface area (Å²) in [5.41, 5.74) is 6.43. The summed E-state index contributed by atoms with van der Waals surface area (Å²) in [4.78, 5) is 2.43. The molecule has 1 heterocycles. The Morgan fingerprint density at radius 3 is 2.50 bits per heavy atom. The van der Waals surface area contributed by atoms with Crippen LogP contribution in [0.25, 0.3) is 0 Å². The molecule has 20 heavy (non-hydrogen) atoms. The molecule has 1 rings (SSSR count). The maximum absolute atomic E-state index is 11.9. The molecule has 1 aliphatic rings. The monoisotopic (exact) mass is 292 g/mol. The Morgan fingerprint density at radius 1 is 1.25 bits per heavy atom. The van der Waals surface area contributed by atoms with Gasteiger partial charge in [0.2, 0.25) is 0 Å². The van der Waals surface area contributed by atoms with E-state index in [-0.39, 0.29) is 5.88 Å². The average molecular weight is 292 g/mol. The molecule has 0 saturated carbocycles. The van der Waals surface area contributed by atoms with Crippen LogP contribution in [0.1, 0.15) is 32.6 Å². The van der Waals surface area contributed by atoms with Crippen LogP contribution in [0.5, 0.6) is 0 Å². The van der Waals surface area contributed by atoms with Gasteiger partial charge < -0.3 is 15.4 Å². The van der Waals surface area contributed by atoms with Gasteiger partial charge in [0.25, 0.3) is 0 Å². The van der Waals surface area contributed by atoms with Gasteiger partial charge in [0.15, 0.2) is 12.5 Å². The molecule has 1 fully saturated rings. The van der Waals surface area contributed by atoms with Gasteiger partial charge in [0.05, 0.1) is 0 Å². The van der Waals surface area contributed by atoms with E-state index in [1.165, 1.54) is 32.0 Å². The first-order valence-corrected chi connectivity index (χ1v) is 6.91. The van der Waals surface area contributed by atoms with E-state index in [4.69, 9.17) is 5.73 Å². The summed E-state index contributed by atoms with van der Waals surface area (Å²) in [6, 6.07) is 0. The zero-order chi connectivity index (χ0) is 15.0. The molecular formula is C14H23F3N2O. The summed E-state index contributed by atoms with van der Waals surface area (Å²) < 4.78 is 40.1. The van der Waals surface area contributed by atoms with Gasteiger partial charge in [-0.05, 0) is 58.3 Å². The lowest BCUT2D eigenvalue weighted by Crippen LogP contribution is -2.20. The minimum absolute atomic E-state index is 0.207. The molecule has 1 saturated heterocycles. The quantitative estimate of drug-likeness (QED) is 0.578. The molecule has 0 atom stereocenters. The number of hydrogen-bond donors (Lipinski definition) is 1. The van der Waals surface area contributed by atoms with Crippen LogP contribution in [-0.2, 0) is 4.74 Å². The molecule has 0 spiro atoms. The smallest absolute Gasteiger partial charge is 0.422 e. The maximum Gasteiger partial charge on any atom is 0.422 e. The fraction of sp³-hybridized carbons (Fsp3) is 0.714. The first-order chi connectivity index (χ1) is 9.37. The van der Waals surface area contributed by atoms with Gasteiger partial charge in [0.1, 0.15) is 0 Å². The van der Waals surface area contributed by atoms with E-state index in [0.29, 0.717) is 0 Å². The number of likely N-dealkylation sites (tertiary alicyclic amines) is 1. The van der Waals surface area contributed by atoms with Gasteiger partial charge >= 0.3 is 6.18 Å². The van der Waals surface area contributed by atoms with Crippen molar-refractivity contribution in [3.05, 3.63) is 23.6 Å². The van der Waals surface area contributed by atoms with E-state index >= 15 is 0 Å². The van der Waals surface area contributed by atoms with Crippen LogP contribution in [0.2, 0.25) is 0 Å². The number of nitrogens with two attached hydrogens (primary N) is 1. The lowest BCUT2D eigenvalue weighted by atomic mass is 10.1. The molecule has 3 nitrogen and oxygen atoms in total. The summed E-state index contributed by atoms with van der Waals surface area (Å²) in [7, 11) is 0. The highest BCUT2D eigenvalue weighted by atomic mass is 19.4. The van der Waals surface area contributed by atoms with Gasteiger partial charge in [-0.15, -0.1) is 0 Å². The van der Waals surface area contributed by atoms with Crippen molar-refractivity contribution in [1.29, 1.82) is 0 Å².